The molecule has 1 aliphatic heterocycles. The van der Waals surface area contributed by atoms with Crippen LogP contribution < -0.4 is 23.2 Å². The molecule has 0 amide bonds. The third-order valence-electron chi connectivity index (χ3n) is 7.87. The van der Waals surface area contributed by atoms with Crippen molar-refractivity contribution >= 4 is 28.8 Å². The molecular weight excluding hydrogens is 500 g/mol. The van der Waals surface area contributed by atoms with Gasteiger partial charge in [-0.15, -0.1) is 0 Å². The lowest BCUT2D eigenvalue weighted by Crippen LogP contribution is -2.46. The molecular formula is C29H44O6Si2. The fourth-order valence-corrected chi connectivity index (χ4v) is 5.38. The largest absolute Gasteiger partial charge is 0.541 e. The van der Waals surface area contributed by atoms with Gasteiger partial charge in [-0.25, -0.2) is 0 Å². The summed E-state index contributed by atoms with van der Waals surface area (Å²) in [6.45, 7) is 22.8. The van der Waals surface area contributed by atoms with Gasteiger partial charge >= 0.3 is 0 Å². The van der Waals surface area contributed by atoms with Crippen molar-refractivity contribution in [2.45, 2.75) is 84.4 Å². The minimum absolute atomic E-state index is 0.00991. The maximum atomic E-state index is 6.97. The molecule has 0 saturated heterocycles. The lowest BCUT2D eigenvalue weighted by molar-refractivity contribution is -0.194. The number of hydrogen-bond acceptors (Lipinski definition) is 6. The van der Waals surface area contributed by atoms with Gasteiger partial charge in [-0.05, 0) is 66.1 Å². The second-order valence-electron chi connectivity index (χ2n) is 12.6. The van der Waals surface area contributed by atoms with Gasteiger partial charge in [0, 0.05) is 5.56 Å². The lowest BCUT2D eigenvalue weighted by atomic mass is 10.1. The summed E-state index contributed by atoms with van der Waals surface area (Å²) in [5.74, 6) is 3.52. The molecule has 8 heteroatoms. The van der Waals surface area contributed by atoms with Crippen molar-refractivity contribution in [2.75, 3.05) is 14.2 Å². The average Bonchev–Trinajstić information content (AvgIpc) is 3.25. The van der Waals surface area contributed by atoms with Crippen molar-refractivity contribution in [1.29, 1.82) is 0 Å². The molecule has 1 aliphatic rings. The summed E-state index contributed by atoms with van der Waals surface area (Å²) in [5, 5.41) is 0.0249. The molecule has 2 aromatic rings. The zero-order valence-corrected chi connectivity index (χ0v) is 26.6. The molecule has 0 spiro atoms. The van der Waals surface area contributed by atoms with E-state index in [4.69, 9.17) is 28.1 Å². The molecule has 6 nitrogen and oxygen atoms in total. The van der Waals surface area contributed by atoms with Crippen LogP contribution in [-0.2, 0) is 11.5 Å². The summed E-state index contributed by atoms with van der Waals surface area (Å²) in [6.07, 6.45) is 4.08. The average molecular weight is 545 g/mol. The van der Waals surface area contributed by atoms with Gasteiger partial charge in [0.15, 0.2) is 23.0 Å². The van der Waals surface area contributed by atoms with E-state index in [0.29, 0.717) is 23.9 Å². The summed E-state index contributed by atoms with van der Waals surface area (Å²) in [4.78, 5) is 10.5. The van der Waals surface area contributed by atoms with Gasteiger partial charge in [-0.3, -0.25) is 0 Å². The van der Waals surface area contributed by atoms with Gasteiger partial charge in [-0.2, -0.15) is 4.89 Å². The number of fused-ring (bicyclic) bond motifs is 1. The predicted molar refractivity (Wildman–Crippen MR) is 156 cm³/mol. The maximum Gasteiger partial charge on any atom is 0.250 e. The van der Waals surface area contributed by atoms with E-state index in [1.54, 1.807) is 14.2 Å². The van der Waals surface area contributed by atoms with E-state index in [1.807, 2.05) is 30.3 Å². The fourth-order valence-electron chi connectivity index (χ4n) is 3.34. The van der Waals surface area contributed by atoms with Crippen LogP contribution >= 0.6 is 0 Å². The Morgan fingerprint density at radius 3 is 1.86 bits per heavy atom. The first kappa shape index (κ1) is 29.1. The van der Waals surface area contributed by atoms with Crippen LogP contribution in [0.5, 0.6) is 28.7 Å². The van der Waals surface area contributed by atoms with Crippen molar-refractivity contribution in [3.8, 4) is 28.7 Å². The Labute approximate surface area is 225 Å². The Balaban J connectivity index is 2.17. The molecule has 0 fully saturated rings. The highest BCUT2D eigenvalue weighted by atomic mass is 28.4. The van der Waals surface area contributed by atoms with Crippen molar-refractivity contribution in [3.63, 3.8) is 0 Å². The van der Waals surface area contributed by atoms with Crippen LogP contribution in [0.3, 0.4) is 0 Å². The number of ether oxygens (including phenoxy) is 2. The highest BCUT2D eigenvalue weighted by molar-refractivity contribution is 6.75. The molecule has 204 valence electrons. The third kappa shape index (κ3) is 6.18. The molecule has 0 saturated carbocycles. The summed E-state index contributed by atoms with van der Waals surface area (Å²) in [7, 11) is -1.08. The number of hydrogen-bond donors (Lipinski definition) is 0. The summed E-state index contributed by atoms with van der Waals surface area (Å²) < 4.78 is 25.2. The van der Waals surface area contributed by atoms with Crippen LogP contribution in [0.2, 0.25) is 36.3 Å². The Kier molecular flexibility index (Phi) is 8.18. The van der Waals surface area contributed by atoms with Crippen molar-refractivity contribution in [1.82, 2.24) is 0 Å². The van der Waals surface area contributed by atoms with Gasteiger partial charge in [0.25, 0.3) is 16.6 Å². The fraction of sp³-hybridized carbons (Fsp3) is 0.517. The summed E-state index contributed by atoms with van der Waals surface area (Å²) in [5.41, 5.74) is 2.77. The van der Waals surface area contributed by atoms with Crippen molar-refractivity contribution in [3.05, 3.63) is 41.0 Å². The van der Waals surface area contributed by atoms with Gasteiger partial charge in [0.2, 0.25) is 0 Å². The predicted octanol–water partition coefficient (Wildman–Crippen LogP) is 8.47. The van der Waals surface area contributed by atoms with E-state index in [1.165, 1.54) is 0 Å². The van der Waals surface area contributed by atoms with Crippen LogP contribution in [-0.4, -0.2) is 30.9 Å². The minimum atomic E-state index is -2.21. The van der Waals surface area contributed by atoms with E-state index >= 15 is 0 Å². The lowest BCUT2D eigenvalue weighted by Gasteiger charge is -2.40. The second-order valence-corrected chi connectivity index (χ2v) is 22.1. The standard InChI is InChI=1S/C29H44O6Si2/c1-28(2,3)36(9,10)34-26-21(14-13-20-17-24(31-8)22-19-32-33-25(22)18-20)15-16-23(30-7)27(26)35-37(11,12)29(4,5)6/h13-18H,19H2,1-12H3/b14-13-. The second kappa shape index (κ2) is 10.4. The Morgan fingerprint density at radius 2 is 1.32 bits per heavy atom. The first-order valence-corrected chi connectivity index (χ1v) is 18.6. The van der Waals surface area contributed by atoms with Crippen molar-refractivity contribution in [2.24, 2.45) is 0 Å². The van der Waals surface area contributed by atoms with E-state index in [2.05, 4.69) is 73.8 Å². The van der Waals surface area contributed by atoms with Crippen LogP contribution in [0.1, 0.15) is 58.2 Å². The molecule has 37 heavy (non-hydrogen) atoms. The van der Waals surface area contributed by atoms with Crippen LogP contribution in [0.25, 0.3) is 12.2 Å². The molecule has 3 rings (SSSR count). The quantitative estimate of drug-likeness (QED) is 0.189. The van der Waals surface area contributed by atoms with E-state index in [9.17, 15) is 0 Å². The Bertz CT molecular complexity index is 1160. The number of methoxy groups -OCH3 is 2. The molecule has 0 N–H and O–H groups in total. The maximum absolute atomic E-state index is 6.97. The smallest absolute Gasteiger partial charge is 0.250 e. The Morgan fingerprint density at radius 1 is 0.757 bits per heavy atom. The number of rotatable bonds is 8. The normalized spacial score (nSPS) is 14.4. The van der Waals surface area contributed by atoms with Crippen LogP contribution in [0, 0.1) is 0 Å². The minimum Gasteiger partial charge on any atom is -0.541 e. The SMILES string of the molecule is COc1cc(/C=C\c2ccc(OC)c(O[Si](C)(C)C(C)(C)C)c2O[Si](C)(C)C(C)(C)C)cc2c1COO2. The highest BCUT2D eigenvalue weighted by Gasteiger charge is 2.43. The van der Waals surface area contributed by atoms with Crippen LogP contribution in [0.15, 0.2) is 24.3 Å². The molecule has 0 bridgehead atoms. The molecule has 0 atom stereocenters. The molecule has 0 radical (unpaired) electrons. The Hall–Kier alpha value is -2.43. The van der Waals surface area contributed by atoms with Gasteiger partial charge in [0.1, 0.15) is 12.4 Å². The van der Waals surface area contributed by atoms with E-state index < -0.39 is 16.6 Å². The van der Waals surface area contributed by atoms with Gasteiger partial charge in [-0.1, -0.05) is 53.7 Å². The summed E-state index contributed by atoms with van der Waals surface area (Å²) >= 11 is 0. The zero-order chi connectivity index (χ0) is 27.8. The van der Waals surface area contributed by atoms with E-state index in [-0.39, 0.29) is 10.1 Å². The molecule has 0 unspecified atom stereocenters. The first-order chi connectivity index (χ1) is 17.0. The first-order valence-electron chi connectivity index (χ1n) is 12.8. The van der Waals surface area contributed by atoms with Gasteiger partial charge in [0.05, 0.1) is 19.8 Å². The molecule has 0 aromatic heterocycles. The monoisotopic (exact) mass is 544 g/mol. The van der Waals surface area contributed by atoms with Crippen LogP contribution in [0.4, 0.5) is 0 Å². The molecule has 2 aromatic carbocycles. The summed E-state index contributed by atoms with van der Waals surface area (Å²) in [6, 6.07) is 7.92. The van der Waals surface area contributed by atoms with E-state index in [0.717, 1.165) is 28.2 Å². The molecule has 1 heterocycles. The van der Waals surface area contributed by atoms with Crippen molar-refractivity contribution < 1.29 is 28.1 Å². The number of benzene rings is 2. The zero-order valence-electron chi connectivity index (χ0n) is 24.6. The third-order valence-corrected chi connectivity index (χ3v) is 16.5. The van der Waals surface area contributed by atoms with Gasteiger partial charge < -0.3 is 23.2 Å². The molecule has 0 aliphatic carbocycles. The highest BCUT2D eigenvalue weighted by Crippen LogP contribution is 2.49. The topological polar surface area (TPSA) is 55.4 Å².